The lowest BCUT2D eigenvalue weighted by atomic mass is 9.86. The zero-order valence-electron chi connectivity index (χ0n) is 9.53. The summed E-state index contributed by atoms with van der Waals surface area (Å²) in [5.41, 5.74) is 3.83. The van der Waals surface area contributed by atoms with Crippen LogP contribution in [0.5, 0.6) is 0 Å². The number of aliphatic hydroxyl groups is 1. The van der Waals surface area contributed by atoms with E-state index in [0.717, 1.165) is 0 Å². The molecule has 0 aliphatic heterocycles. The average molecular weight is 220 g/mol. The van der Waals surface area contributed by atoms with Crippen LogP contribution in [0.4, 0.5) is 0 Å². The van der Waals surface area contributed by atoms with Crippen molar-refractivity contribution in [2.75, 3.05) is 0 Å². The molecule has 0 aromatic heterocycles. The highest BCUT2D eigenvalue weighted by Crippen LogP contribution is 2.54. The first-order valence-corrected chi connectivity index (χ1v) is 5.14. The van der Waals surface area contributed by atoms with Gasteiger partial charge in [0.05, 0.1) is 17.1 Å². The predicted molar refractivity (Wildman–Crippen MR) is 60.0 cm³/mol. The molecule has 3 N–H and O–H groups in total. The largest absolute Gasteiger partial charge is 0.384 e. The monoisotopic (exact) mass is 220 g/mol. The minimum Gasteiger partial charge on any atom is -0.384 e. The second-order valence-corrected chi connectivity index (χ2v) is 4.47. The van der Waals surface area contributed by atoms with Gasteiger partial charge in [-0.3, -0.25) is 4.79 Å². The van der Waals surface area contributed by atoms with E-state index < -0.39 is 16.9 Å². The van der Waals surface area contributed by atoms with E-state index in [0.29, 0.717) is 18.4 Å². The molecule has 4 heteroatoms. The van der Waals surface area contributed by atoms with Crippen molar-refractivity contribution in [3.8, 4) is 6.07 Å². The van der Waals surface area contributed by atoms with Crippen LogP contribution in [0.1, 0.15) is 26.7 Å². The van der Waals surface area contributed by atoms with Crippen LogP contribution in [0.25, 0.3) is 0 Å². The summed E-state index contributed by atoms with van der Waals surface area (Å²) in [6.45, 7) is 3.32. The Morgan fingerprint density at radius 1 is 1.62 bits per heavy atom. The lowest BCUT2D eigenvalue weighted by Gasteiger charge is -2.24. The van der Waals surface area contributed by atoms with Gasteiger partial charge < -0.3 is 10.8 Å². The zero-order valence-corrected chi connectivity index (χ0v) is 9.53. The SMILES string of the molecule is CC(=C/C(N)=O)/C=C/[C@@](C)(O)C1(C#N)CC1. The zero-order chi connectivity index (χ0) is 12.4. The quantitative estimate of drug-likeness (QED) is 0.548. The number of hydrogen-bond donors (Lipinski definition) is 2. The highest BCUT2D eigenvalue weighted by molar-refractivity contribution is 5.86. The first-order valence-electron chi connectivity index (χ1n) is 5.14. The molecule has 1 aliphatic rings. The van der Waals surface area contributed by atoms with Gasteiger partial charge >= 0.3 is 0 Å². The predicted octanol–water partition coefficient (Wildman–Crippen LogP) is 1.03. The van der Waals surface area contributed by atoms with Gasteiger partial charge in [-0.05, 0) is 32.3 Å². The Bertz CT molecular complexity index is 396. The third kappa shape index (κ3) is 2.50. The Hall–Kier alpha value is -1.60. The standard InChI is InChI=1S/C12H16N2O2/c1-9(7-10(14)15)3-4-11(2,16)12(8-13)5-6-12/h3-4,7,16H,5-6H2,1-2H3,(H2,14,15)/b4-3+,9-7-/t11-/m1/s1. The summed E-state index contributed by atoms with van der Waals surface area (Å²) in [7, 11) is 0. The third-order valence-corrected chi connectivity index (χ3v) is 2.97. The van der Waals surface area contributed by atoms with Crippen molar-refractivity contribution in [2.24, 2.45) is 11.1 Å². The number of nitriles is 1. The Balaban J connectivity index is 2.78. The third-order valence-electron chi connectivity index (χ3n) is 2.97. The van der Waals surface area contributed by atoms with Gasteiger partial charge in [-0.1, -0.05) is 12.2 Å². The van der Waals surface area contributed by atoms with Crippen molar-refractivity contribution < 1.29 is 9.90 Å². The maximum Gasteiger partial charge on any atom is 0.241 e. The first-order chi connectivity index (χ1) is 7.33. The molecule has 0 radical (unpaired) electrons. The van der Waals surface area contributed by atoms with E-state index in [1.54, 1.807) is 26.0 Å². The molecule has 4 nitrogen and oxygen atoms in total. The van der Waals surface area contributed by atoms with Crippen molar-refractivity contribution in [3.05, 3.63) is 23.8 Å². The molecule has 0 heterocycles. The van der Waals surface area contributed by atoms with E-state index >= 15 is 0 Å². The lowest BCUT2D eigenvalue weighted by Crippen LogP contribution is -2.32. The maximum absolute atomic E-state index is 10.6. The molecular formula is C12H16N2O2. The molecule has 1 amide bonds. The summed E-state index contributed by atoms with van der Waals surface area (Å²) >= 11 is 0. The Morgan fingerprint density at radius 3 is 2.56 bits per heavy atom. The van der Waals surface area contributed by atoms with Gasteiger partial charge in [0.25, 0.3) is 0 Å². The van der Waals surface area contributed by atoms with Crippen molar-refractivity contribution in [2.45, 2.75) is 32.3 Å². The summed E-state index contributed by atoms with van der Waals surface area (Å²) in [6, 6.07) is 2.14. The maximum atomic E-state index is 10.6. The van der Waals surface area contributed by atoms with E-state index in [9.17, 15) is 9.90 Å². The van der Waals surface area contributed by atoms with Crippen molar-refractivity contribution >= 4 is 5.91 Å². The van der Waals surface area contributed by atoms with Crippen molar-refractivity contribution in [1.29, 1.82) is 5.26 Å². The molecular weight excluding hydrogens is 204 g/mol. The summed E-state index contributed by atoms with van der Waals surface area (Å²) in [5.74, 6) is -0.525. The van der Waals surface area contributed by atoms with E-state index in [-0.39, 0.29) is 0 Å². The van der Waals surface area contributed by atoms with Crippen LogP contribution in [0.15, 0.2) is 23.8 Å². The van der Waals surface area contributed by atoms with Crippen LogP contribution in [-0.2, 0) is 4.79 Å². The lowest BCUT2D eigenvalue weighted by molar-refractivity contribution is -0.113. The molecule has 0 spiro atoms. The summed E-state index contributed by atoms with van der Waals surface area (Å²) in [4.78, 5) is 10.6. The van der Waals surface area contributed by atoms with Gasteiger partial charge in [-0.25, -0.2) is 0 Å². The fraction of sp³-hybridized carbons (Fsp3) is 0.500. The molecule has 0 saturated heterocycles. The van der Waals surface area contributed by atoms with Crippen LogP contribution in [0.2, 0.25) is 0 Å². The highest BCUT2D eigenvalue weighted by atomic mass is 16.3. The van der Waals surface area contributed by atoms with Crippen LogP contribution in [0, 0.1) is 16.7 Å². The molecule has 1 saturated carbocycles. The summed E-state index contributed by atoms with van der Waals surface area (Å²) in [5, 5.41) is 19.1. The van der Waals surface area contributed by atoms with Crippen molar-refractivity contribution in [3.63, 3.8) is 0 Å². The Morgan fingerprint density at radius 2 is 2.19 bits per heavy atom. The second-order valence-electron chi connectivity index (χ2n) is 4.47. The van der Waals surface area contributed by atoms with Gasteiger partial charge in [-0.15, -0.1) is 0 Å². The number of rotatable bonds is 4. The Labute approximate surface area is 95.1 Å². The van der Waals surface area contributed by atoms with Crippen LogP contribution in [-0.4, -0.2) is 16.6 Å². The topological polar surface area (TPSA) is 87.1 Å². The number of hydrogen-bond acceptors (Lipinski definition) is 3. The molecule has 0 aromatic rings. The van der Waals surface area contributed by atoms with Crippen LogP contribution < -0.4 is 5.73 Å². The normalized spacial score (nSPS) is 22.5. The summed E-state index contributed by atoms with van der Waals surface area (Å²) < 4.78 is 0. The van der Waals surface area contributed by atoms with Gasteiger partial charge in [-0.2, -0.15) is 5.26 Å². The molecule has 0 unspecified atom stereocenters. The molecule has 1 atom stereocenters. The van der Waals surface area contributed by atoms with Gasteiger partial charge in [0.1, 0.15) is 0 Å². The smallest absolute Gasteiger partial charge is 0.241 e. The van der Waals surface area contributed by atoms with E-state index in [1.165, 1.54) is 6.08 Å². The van der Waals surface area contributed by atoms with Crippen LogP contribution >= 0.6 is 0 Å². The number of carbonyl (C=O) groups is 1. The number of nitrogens with two attached hydrogens (primary N) is 1. The number of amides is 1. The highest BCUT2D eigenvalue weighted by Gasteiger charge is 2.55. The van der Waals surface area contributed by atoms with Gasteiger partial charge in [0, 0.05) is 6.08 Å². The molecule has 1 fully saturated rings. The minimum atomic E-state index is -1.16. The van der Waals surface area contributed by atoms with E-state index in [4.69, 9.17) is 11.0 Å². The molecule has 16 heavy (non-hydrogen) atoms. The molecule has 86 valence electrons. The van der Waals surface area contributed by atoms with E-state index in [1.807, 2.05) is 0 Å². The fourth-order valence-corrected chi connectivity index (χ4v) is 1.58. The second kappa shape index (κ2) is 4.11. The molecule has 1 aliphatic carbocycles. The van der Waals surface area contributed by atoms with Gasteiger partial charge in [0.15, 0.2) is 0 Å². The molecule has 0 bridgehead atoms. The number of allylic oxidation sites excluding steroid dienone is 2. The number of primary amides is 1. The number of carbonyl (C=O) groups excluding carboxylic acids is 1. The molecule has 0 aromatic carbocycles. The minimum absolute atomic E-state index is 0.525. The number of nitrogens with zero attached hydrogens (tertiary/aromatic N) is 1. The summed E-state index contributed by atoms with van der Waals surface area (Å²) in [6.07, 6.45) is 5.86. The fourth-order valence-electron chi connectivity index (χ4n) is 1.58. The van der Waals surface area contributed by atoms with Crippen LogP contribution in [0.3, 0.4) is 0 Å². The molecule has 1 rings (SSSR count). The average Bonchev–Trinajstić information content (AvgIpc) is 2.94. The Kier molecular flexibility index (Phi) is 3.20. The van der Waals surface area contributed by atoms with Gasteiger partial charge in [0.2, 0.25) is 5.91 Å². The van der Waals surface area contributed by atoms with E-state index in [2.05, 4.69) is 6.07 Å². The first kappa shape index (κ1) is 12.5. The van der Waals surface area contributed by atoms with Crippen molar-refractivity contribution in [1.82, 2.24) is 0 Å².